The van der Waals surface area contributed by atoms with Crippen molar-refractivity contribution in [2.75, 3.05) is 5.32 Å². The number of rotatable bonds is 3. The van der Waals surface area contributed by atoms with Crippen molar-refractivity contribution in [3.8, 4) is 0 Å². The predicted molar refractivity (Wildman–Crippen MR) is 60.1 cm³/mol. The molecule has 0 atom stereocenters. The van der Waals surface area contributed by atoms with E-state index in [2.05, 4.69) is 15.3 Å². The number of anilines is 1. The van der Waals surface area contributed by atoms with Gasteiger partial charge in [-0.1, -0.05) is 0 Å². The Kier molecular flexibility index (Phi) is 3.08. The van der Waals surface area contributed by atoms with Gasteiger partial charge in [-0.15, -0.1) is 0 Å². The quantitative estimate of drug-likeness (QED) is 0.804. The summed E-state index contributed by atoms with van der Waals surface area (Å²) in [5, 5.41) is 6.78. The molecule has 0 unspecified atom stereocenters. The third kappa shape index (κ3) is 2.70. The standard InChI is InChI=1S/C9H8N4O4S/c10-18(15,16)8-2-1-6(17-8)9(14)13-7-3-4-11-5-12-7/h1-5H,(H2,10,15,16)(H,11,12,13,14). The van der Waals surface area contributed by atoms with E-state index in [0.29, 0.717) is 0 Å². The fraction of sp³-hybridized carbons (Fsp3) is 0. The zero-order chi connectivity index (χ0) is 13.2. The van der Waals surface area contributed by atoms with Gasteiger partial charge in [0.15, 0.2) is 5.76 Å². The van der Waals surface area contributed by atoms with Gasteiger partial charge in [-0.05, 0) is 18.2 Å². The number of hydrogen-bond donors (Lipinski definition) is 2. The molecule has 0 aliphatic heterocycles. The Hall–Kier alpha value is -2.26. The molecule has 2 heterocycles. The van der Waals surface area contributed by atoms with Gasteiger partial charge in [-0.3, -0.25) is 4.79 Å². The van der Waals surface area contributed by atoms with Crippen LogP contribution in [0, 0.1) is 0 Å². The summed E-state index contributed by atoms with van der Waals surface area (Å²) in [5.74, 6) is -0.551. The Morgan fingerprint density at radius 1 is 1.33 bits per heavy atom. The second-order valence-electron chi connectivity index (χ2n) is 3.21. The van der Waals surface area contributed by atoms with Crippen LogP contribution < -0.4 is 10.5 Å². The van der Waals surface area contributed by atoms with Gasteiger partial charge in [0.05, 0.1) is 0 Å². The van der Waals surface area contributed by atoms with Gasteiger partial charge >= 0.3 is 0 Å². The highest BCUT2D eigenvalue weighted by Gasteiger charge is 2.17. The van der Waals surface area contributed by atoms with Gasteiger partial charge in [0.25, 0.3) is 15.9 Å². The summed E-state index contributed by atoms with van der Waals surface area (Å²) in [5.41, 5.74) is 0. The lowest BCUT2D eigenvalue weighted by molar-refractivity contribution is 0.0991. The van der Waals surface area contributed by atoms with Crippen LogP contribution in [0.1, 0.15) is 10.6 Å². The molecule has 3 N–H and O–H groups in total. The number of nitrogens with one attached hydrogen (secondary N) is 1. The number of primary sulfonamides is 1. The van der Waals surface area contributed by atoms with Crippen molar-refractivity contribution in [1.82, 2.24) is 9.97 Å². The number of hydrogen-bond acceptors (Lipinski definition) is 6. The number of nitrogens with zero attached hydrogens (tertiary/aromatic N) is 2. The van der Waals surface area contributed by atoms with Crippen LogP contribution in [0.5, 0.6) is 0 Å². The molecule has 0 saturated carbocycles. The van der Waals surface area contributed by atoms with Gasteiger partial charge in [-0.25, -0.2) is 23.5 Å². The molecule has 2 aromatic heterocycles. The van der Waals surface area contributed by atoms with Gasteiger partial charge < -0.3 is 9.73 Å². The van der Waals surface area contributed by atoms with E-state index in [1.54, 1.807) is 0 Å². The maximum Gasteiger partial charge on any atom is 0.292 e. The Morgan fingerprint density at radius 3 is 2.67 bits per heavy atom. The molecule has 0 radical (unpaired) electrons. The number of furan rings is 1. The molecule has 0 fully saturated rings. The van der Waals surface area contributed by atoms with Gasteiger partial charge in [-0.2, -0.15) is 0 Å². The minimum absolute atomic E-state index is 0.183. The molecule has 0 spiro atoms. The average Bonchev–Trinajstić information content (AvgIpc) is 2.79. The van der Waals surface area contributed by atoms with E-state index >= 15 is 0 Å². The molecule has 9 heteroatoms. The van der Waals surface area contributed by atoms with Crippen molar-refractivity contribution >= 4 is 21.7 Å². The zero-order valence-electron chi connectivity index (χ0n) is 8.90. The number of sulfonamides is 1. The van der Waals surface area contributed by atoms with E-state index in [9.17, 15) is 13.2 Å². The lowest BCUT2D eigenvalue weighted by atomic mass is 10.4. The van der Waals surface area contributed by atoms with Crippen molar-refractivity contribution in [3.63, 3.8) is 0 Å². The third-order valence-electron chi connectivity index (χ3n) is 1.91. The van der Waals surface area contributed by atoms with Crippen molar-refractivity contribution in [2.24, 2.45) is 5.14 Å². The lowest BCUT2D eigenvalue weighted by Crippen LogP contribution is -2.13. The summed E-state index contributed by atoms with van der Waals surface area (Å²) in [6, 6.07) is 3.78. The largest absolute Gasteiger partial charge is 0.438 e. The summed E-state index contributed by atoms with van der Waals surface area (Å²) in [6.07, 6.45) is 2.70. The maximum absolute atomic E-state index is 11.7. The monoisotopic (exact) mass is 268 g/mol. The van der Waals surface area contributed by atoms with Crippen molar-refractivity contribution in [2.45, 2.75) is 5.09 Å². The van der Waals surface area contributed by atoms with E-state index in [-0.39, 0.29) is 11.6 Å². The van der Waals surface area contributed by atoms with Crippen molar-refractivity contribution in [3.05, 3.63) is 36.5 Å². The Balaban J connectivity index is 2.18. The second kappa shape index (κ2) is 4.55. The van der Waals surface area contributed by atoms with Crippen molar-refractivity contribution in [1.29, 1.82) is 0 Å². The Labute approximate surface area is 102 Å². The third-order valence-corrected chi connectivity index (χ3v) is 2.69. The molecule has 94 valence electrons. The Morgan fingerprint density at radius 2 is 2.11 bits per heavy atom. The van der Waals surface area contributed by atoms with Crippen LogP contribution in [0.15, 0.2) is 40.2 Å². The summed E-state index contributed by atoms with van der Waals surface area (Å²) < 4.78 is 26.7. The van der Waals surface area contributed by atoms with Crippen molar-refractivity contribution < 1.29 is 17.6 Å². The minimum Gasteiger partial charge on any atom is -0.438 e. The molecule has 2 rings (SSSR count). The highest BCUT2D eigenvalue weighted by atomic mass is 32.2. The molecular formula is C9H8N4O4S. The molecule has 8 nitrogen and oxygen atoms in total. The molecule has 1 amide bonds. The highest BCUT2D eigenvalue weighted by molar-refractivity contribution is 7.89. The van der Waals surface area contributed by atoms with Crippen LogP contribution in [0.3, 0.4) is 0 Å². The molecule has 18 heavy (non-hydrogen) atoms. The van der Waals surface area contributed by atoms with E-state index < -0.39 is 21.0 Å². The maximum atomic E-state index is 11.7. The minimum atomic E-state index is -3.96. The molecule has 0 aliphatic rings. The predicted octanol–water partition coefficient (Wildman–Crippen LogP) is -0.0307. The van der Waals surface area contributed by atoms with Crippen LogP contribution in [0.25, 0.3) is 0 Å². The lowest BCUT2D eigenvalue weighted by Gasteiger charge is -2.00. The van der Waals surface area contributed by atoms with E-state index in [1.165, 1.54) is 24.7 Å². The number of carbonyl (C=O) groups is 1. The highest BCUT2D eigenvalue weighted by Crippen LogP contribution is 2.13. The van der Waals surface area contributed by atoms with Gasteiger partial charge in [0.1, 0.15) is 12.1 Å². The van der Waals surface area contributed by atoms with Crippen LogP contribution in [0.2, 0.25) is 0 Å². The number of nitrogens with two attached hydrogens (primary N) is 1. The van der Waals surface area contributed by atoms with E-state index in [0.717, 1.165) is 6.07 Å². The number of aromatic nitrogens is 2. The van der Waals surface area contributed by atoms with Crippen LogP contribution in [0.4, 0.5) is 5.82 Å². The molecular weight excluding hydrogens is 260 g/mol. The average molecular weight is 268 g/mol. The fourth-order valence-electron chi connectivity index (χ4n) is 1.14. The SMILES string of the molecule is NS(=O)(=O)c1ccc(C(=O)Nc2ccncn2)o1. The van der Waals surface area contributed by atoms with Gasteiger partial charge in [0, 0.05) is 6.20 Å². The first-order valence-electron chi connectivity index (χ1n) is 4.67. The molecule has 0 aliphatic carbocycles. The van der Waals surface area contributed by atoms with Crippen LogP contribution in [-0.2, 0) is 10.0 Å². The van der Waals surface area contributed by atoms with Crippen LogP contribution in [-0.4, -0.2) is 24.3 Å². The molecule has 0 saturated heterocycles. The first-order valence-corrected chi connectivity index (χ1v) is 6.21. The summed E-state index contributed by atoms with van der Waals surface area (Å²) in [4.78, 5) is 19.1. The molecule has 0 aromatic carbocycles. The second-order valence-corrected chi connectivity index (χ2v) is 4.70. The Bertz CT molecular complexity index is 665. The van der Waals surface area contributed by atoms with Crippen LogP contribution >= 0.6 is 0 Å². The number of amides is 1. The normalized spacial score (nSPS) is 11.2. The molecule has 2 aromatic rings. The number of carbonyl (C=O) groups excluding carboxylic acids is 1. The fourth-order valence-corrected chi connectivity index (χ4v) is 1.60. The summed E-state index contributed by atoms with van der Waals surface area (Å²) in [6.45, 7) is 0. The first-order chi connectivity index (χ1) is 8.47. The smallest absolute Gasteiger partial charge is 0.292 e. The zero-order valence-corrected chi connectivity index (χ0v) is 9.72. The van der Waals surface area contributed by atoms with E-state index in [4.69, 9.17) is 9.56 Å². The van der Waals surface area contributed by atoms with E-state index in [1.807, 2.05) is 0 Å². The topological polar surface area (TPSA) is 128 Å². The first kappa shape index (κ1) is 12.2. The summed E-state index contributed by atoms with van der Waals surface area (Å²) >= 11 is 0. The molecule has 0 bridgehead atoms. The summed E-state index contributed by atoms with van der Waals surface area (Å²) in [7, 11) is -3.96. The van der Waals surface area contributed by atoms with Gasteiger partial charge in [0.2, 0.25) is 5.09 Å².